The molecule has 0 radical (unpaired) electrons. The highest BCUT2D eigenvalue weighted by Crippen LogP contribution is 2.14. The van der Waals surface area contributed by atoms with Gasteiger partial charge in [-0.25, -0.2) is 0 Å². The highest BCUT2D eigenvalue weighted by Gasteiger charge is 2.19. The summed E-state index contributed by atoms with van der Waals surface area (Å²) in [5, 5.41) is 8.84. The van der Waals surface area contributed by atoms with Gasteiger partial charge in [-0.3, -0.25) is 4.90 Å². The number of nitrogens with zero attached hydrogens (tertiary/aromatic N) is 1. The van der Waals surface area contributed by atoms with Crippen LogP contribution in [0.4, 0.5) is 0 Å². The average molecular weight is 173 g/mol. The fourth-order valence-corrected chi connectivity index (χ4v) is 1.57. The quantitative estimate of drug-likeness (QED) is 0.686. The van der Waals surface area contributed by atoms with Crippen molar-refractivity contribution >= 4 is 0 Å². The Hall–Kier alpha value is -0.120. The second-order valence-corrected chi connectivity index (χ2v) is 3.64. The number of piperidine rings is 1. The van der Waals surface area contributed by atoms with E-state index in [9.17, 15) is 0 Å². The zero-order valence-corrected chi connectivity index (χ0v) is 7.99. The van der Waals surface area contributed by atoms with Crippen LogP contribution in [0.1, 0.15) is 26.7 Å². The van der Waals surface area contributed by atoms with E-state index in [1.807, 2.05) is 4.90 Å². The summed E-state index contributed by atoms with van der Waals surface area (Å²) in [6.07, 6.45) is 2.85. The van der Waals surface area contributed by atoms with Crippen molar-refractivity contribution in [3.8, 4) is 0 Å². The first kappa shape index (κ1) is 9.96. The van der Waals surface area contributed by atoms with Gasteiger partial charge in [0.15, 0.2) is 0 Å². The van der Waals surface area contributed by atoms with Gasteiger partial charge in [0.2, 0.25) is 0 Å². The van der Waals surface area contributed by atoms with Gasteiger partial charge in [0.05, 0.1) is 18.9 Å². The fraction of sp³-hybridized carbons (Fsp3) is 1.00. The third-order valence-corrected chi connectivity index (χ3v) is 2.20. The highest BCUT2D eigenvalue weighted by atomic mass is 16.5. The van der Waals surface area contributed by atoms with Crippen molar-refractivity contribution in [1.82, 2.24) is 4.90 Å². The minimum atomic E-state index is 0.189. The maximum Gasteiger partial charge on any atom is 0.0956 e. The SMILES string of the molecule is CC(C)OC1CCN(CO)CC1. The van der Waals surface area contributed by atoms with E-state index in [1.165, 1.54) is 0 Å². The molecule has 0 saturated carbocycles. The molecular weight excluding hydrogens is 154 g/mol. The van der Waals surface area contributed by atoms with E-state index in [1.54, 1.807) is 0 Å². The van der Waals surface area contributed by atoms with Crippen molar-refractivity contribution < 1.29 is 9.84 Å². The number of rotatable bonds is 3. The van der Waals surface area contributed by atoms with E-state index in [2.05, 4.69) is 13.8 Å². The molecule has 0 atom stereocenters. The van der Waals surface area contributed by atoms with Gasteiger partial charge in [0.1, 0.15) is 0 Å². The van der Waals surface area contributed by atoms with E-state index in [0.29, 0.717) is 12.2 Å². The molecule has 3 nitrogen and oxygen atoms in total. The molecule has 0 unspecified atom stereocenters. The lowest BCUT2D eigenvalue weighted by Crippen LogP contribution is -2.38. The molecule has 72 valence electrons. The minimum Gasteiger partial charge on any atom is -0.381 e. The van der Waals surface area contributed by atoms with Crippen molar-refractivity contribution in [2.75, 3.05) is 19.8 Å². The first-order chi connectivity index (χ1) is 5.72. The van der Waals surface area contributed by atoms with Crippen LogP contribution in [-0.2, 0) is 4.74 Å². The largest absolute Gasteiger partial charge is 0.381 e. The molecule has 0 aromatic rings. The van der Waals surface area contributed by atoms with Crippen molar-refractivity contribution in [1.29, 1.82) is 0 Å². The maximum atomic E-state index is 8.84. The van der Waals surface area contributed by atoms with Crippen molar-refractivity contribution in [2.45, 2.75) is 38.9 Å². The lowest BCUT2D eigenvalue weighted by atomic mass is 10.1. The topological polar surface area (TPSA) is 32.7 Å². The second kappa shape index (κ2) is 4.80. The van der Waals surface area contributed by atoms with Crippen LogP contribution in [-0.4, -0.2) is 42.0 Å². The van der Waals surface area contributed by atoms with Gasteiger partial charge >= 0.3 is 0 Å². The number of aliphatic hydroxyl groups excluding tert-OH is 1. The van der Waals surface area contributed by atoms with E-state index < -0.39 is 0 Å². The molecule has 1 saturated heterocycles. The summed E-state index contributed by atoms with van der Waals surface area (Å²) in [6.45, 7) is 6.26. The Morgan fingerprint density at radius 1 is 1.42 bits per heavy atom. The number of ether oxygens (including phenoxy) is 1. The summed E-state index contributed by atoms with van der Waals surface area (Å²) >= 11 is 0. The Bertz CT molecular complexity index is 120. The summed E-state index contributed by atoms with van der Waals surface area (Å²) in [4.78, 5) is 2.04. The third kappa shape index (κ3) is 3.09. The Morgan fingerprint density at radius 3 is 2.42 bits per heavy atom. The van der Waals surface area contributed by atoms with Gasteiger partial charge in [-0.15, -0.1) is 0 Å². The number of hydrogen-bond donors (Lipinski definition) is 1. The normalized spacial score (nSPS) is 22.0. The zero-order valence-electron chi connectivity index (χ0n) is 7.99. The fourth-order valence-electron chi connectivity index (χ4n) is 1.57. The summed E-state index contributed by atoms with van der Waals surface area (Å²) < 4.78 is 5.68. The number of hydrogen-bond acceptors (Lipinski definition) is 3. The zero-order chi connectivity index (χ0) is 8.97. The van der Waals surface area contributed by atoms with Crippen LogP contribution in [0.25, 0.3) is 0 Å². The second-order valence-electron chi connectivity index (χ2n) is 3.64. The van der Waals surface area contributed by atoms with E-state index in [0.717, 1.165) is 25.9 Å². The summed E-state index contributed by atoms with van der Waals surface area (Å²) in [7, 11) is 0. The molecule has 0 spiro atoms. The molecule has 0 bridgehead atoms. The molecule has 0 aromatic carbocycles. The Morgan fingerprint density at radius 2 is 2.00 bits per heavy atom. The lowest BCUT2D eigenvalue weighted by molar-refractivity contribution is -0.0390. The molecule has 0 aliphatic carbocycles. The third-order valence-electron chi connectivity index (χ3n) is 2.20. The molecule has 1 rings (SSSR count). The molecule has 0 amide bonds. The smallest absolute Gasteiger partial charge is 0.0956 e. The van der Waals surface area contributed by atoms with Crippen molar-refractivity contribution in [2.24, 2.45) is 0 Å². The van der Waals surface area contributed by atoms with Crippen LogP contribution in [0.3, 0.4) is 0 Å². The van der Waals surface area contributed by atoms with E-state index in [-0.39, 0.29) is 6.73 Å². The van der Waals surface area contributed by atoms with Crippen LogP contribution >= 0.6 is 0 Å². The maximum absolute atomic E-state index is 8.84. The first-order valence-corrected chi connectivity index (χ1v) is 4.71. The van der Waals surface area contributed by atoms with Gasteiger partial charge in [-0.2, -0.15) is 0 Å². The Labute approximate surface area is 74.3 Å². The van der Waals surface area contributed by atoms with Crippen molar-refractivity contribution in [3.63, 3.8) is 0 Å². The molecular formula is C9H19NO2. The van der Waals surface area contributed by atoms with Gasteiger partial charge < -0.3 is 9.84 Å². The Kier molecular flexibility index (Phi) is 3.98. The molecule has 1 N–H and O–H groups in total. The van der Waals surface area contributed by atoms with Crippen LogP contribution in [0.15, 0.2) is 0 Å². The monoisotopic (exact) mass is 173 g/mol. The molecule has 1 aliphatic rings. The van der Waals surface area contributed by atoms with Crippen LogP contribution in [0.2, 0.25) is 0 Å². The lowest BCUT2D eigenvalue weighted by Gasteiger charge is -2.31. The van der Waals surface area contributed by atoms with Crippen molar-refractivity contribution in [3.05, 3.63) is 0 Å². The molecule has 1 heterocycles. The summed E-state index contributed by atoms with van der Waals surface area (Å²) in [5.41, 5.74) is 0. The standard InChI is InChI=1S/C9H19NO2/c1-8(2)12-9-3-5-10(7-11)6-4-9/h8-9,11H,3-7H2,1-2H3. The predicted octanol–water partition coefficient (Wildman–Crippen LogP) is 0.826. The van der Waals surface area contributed by atoms with Crippen LogP contribution in [0.5, 0.6) is 0 Å². The Balaban J connectivity index is 2.17. The molecule has 0 aromatic heterocycles. The van der Waals surface area contributed by atoms with Crippen LogP contribution in [0, 0.1) is 0 Å². The van der Waals surface area contributed by atoms with E-state index >= 15 is 0 Å². The first-order valence-electron chi connectivity index (χ1n) is 4.71. The highest BCUT2D eigenvalue weighted by molar-refractivity contribution is 4.70. The minimum absolute atomic E-state index is 0.189. The van der Waals surface area contributed by atoms with Gasteiger partial charge in [-0.1, -0.05) is 0 Å². The van der Waals surface area contributed by atoms with Gasteiger partial charge in [-0.05, 0) is 26.7 Å². The van der Waals surface area contributed by atoms with E-state index in [4.69, 9.17) is 9.84 Å². The molecule has 12 heavy (non-hydrogen) atoms. The number of aliphatic hydroxyl groups is 1. The van der Waals surface area contributed by atoms with Gasteiger partial charge in [0.25, 0.3) is 0 Å². The molecule has 3 heteroatoms. The molecule has 1 aliphatic heterocycles. The van der Waals surface area contributed by atoms with Crippen LogP contribution < -0.4 is 0 Å². The molecule has 1 fully saturated rings. The predicted molar refractivity (Wildman–Crippen MR) is 47.9 cm³/mol. The average Bonchev–Trinajstić information content (AvgIpc) is 2.05. The summed E-state index contributed by atoms with van der Waals surface area (Å²) in [6, 6.07) is 0. The summed E-state index contributed by atoms with van der Waals surface area (Å²) in [5.74, 6) is 0. The number of likely N-dealkylation sites (tertiary alicyclic amines) is 1. The van der Waals surface area contributed by atoms with Gasteiger partial charge in [0, 0.05) is 13.1 Å².